The predicted octanol–water partition coefficient (Wildman–Crippen LogP) is 1.29. The molecule has 170 valence electrons. The number of ether oxygens (including phenoxy) is 6. The first-order chi connectivity index (χ1) is 14.7. The van der Waals surface area contributed by atoms with Gasteiger partial charge >= 0.3 is 23.9 Å². The highest BCUT2D eigenvalue weighted by Gasteiger charge is 2.52. The summed E-state index contributed by atoms with van der Waals surface area (Å²) in [4.78, 5) is 47.1. The average Bonchev–Trinajstić information content (AvgIpc) is 2.70. The Morgan fingerprint density at radius 3 is 1.94 bits per heavy atom. The zero-order valence-electron chi connectivity index (χ0n) is 17.8. The molecule has 1 saturated heterocycles. The van der Waals surface area contributed by atoms with Gasteiger partial charge in [-0.25, -0.2) is 0 Å². The van der Waals surface area contributed by atoms with Crippen LogP contribution in [-0.4, -0.2) is 61.7 Å². The van der Waals surface area contributed by atoms with Gasteiger partial charge in [0.05, 0.1) is 20.1 Å². The van der Waals surface area contributed by atoms with Crippen LogP contribution >= 0.6 is 0 Å². The van der Waals surface area contributed by atoms with Crippen LogP contribution in [0.15, 0.2) is 30.3 Å². The molecular formula is C21H26O10. The Hall–Kier alpha value is -2.98. The molecule has 0 N–H and O–H groups in total. The zero-order chi connectivity index (χ0) is 23.0. The van der Waals surface area contributed by atoms with Gasteiger partial charge in [-0.2, -0.15) is 0 Å². The number of rotatable bonds is 8. The van der Waals surface area contributed by atoms with Crippen molar-refractivity contribution in [1.82, 2.24) is 0 Å². The number of carbonyl (C=O) groups excluding carboxylic acids is 4. The molecule has 0 spiro atoms. The van der Waals surface area contributed by atoms with Crippen LogP contribution < -0.4 is 0 Å². The van der Waals surface area contributed by atoms with E-state index in [0.29, 0.717) is 0 Å². The third kappa shape index (κ3) is 7.34. The number of carbonyl (C=O) groups is 4. The van der Waals surface area contributed by atoms with Gasteiger partial charge in [-0.3, -0.25) is 19.2 Å². The predicted molar refractivity (Wildman–Crippen MR) is 103 cm³/mol. The van der Waals surface area contributed by atoms with E-state index in [9.17, 15) is 19.2 Å². The molecule has 1 aliphatic heterocycles. The molecule has 0 unspecified atom stereocenters. The second-order valence-corrected chi connectivity index (χ2v) is 6.84. The highest BCUT2D eigenvalue weighted by atomic mass is 16.7. The van der Waals surface area contributed by atoms with Gasteiger partial charge in [-0.15, -0.1) is 0 Å². The Morgan fingerprint density at radius 2 is 1.39 bits per heavy atom. The van der Waals surface area contributed by atoms with Crippen molar-refractivity contribution in [3.63, 3.8) is 0 Å². The molecule has 0 aliphatic carbocycles. The minimum absolute atomic E-state index is 0.0826. The monoisotopic (exact) mass is 438 g/mol. The second kappa shape index (κ2) is 11.4. The fourth-order valence-electron chi connectivity index (χ4n) is 3.15. The van der Waals surface area contributed by atoms with Crippen LogP contribution in [0.2, 0.25) is 0 Å². The maximum atomic E-state index is 11.9. The van der Waals surface area contributed by atoms with Crippen LogP contribution in [-0.2, 0) is 54.2 Å². The summed E-state index contributed by atoms with van der Waals surface area (Å²) in [5.41, 5.74) is 0.809. The van der Waals surface area contributed by atoms with Crippen LogP contribution in [0.4, 0.5) is 0 Å². The molecule has 10 heteroatoms. The molecule has 31 heavy (non-hydrogen) atoms. The Bertz CT molecular complexity index is 778. The summed E-state index contributed by atoms with van der Waals surface area (Å²) < 4.78 is 32.3. The van der Waals surface area contributed by atoms with Crippen LogP contribution in [0.5, 0.6) is 0 Å². The van der Waals surface area contributed by atoms with E-state index in [2.05, 4.69) is 4.74 Å². The average molecular weight is 438 g/mol. The van der Waals surface area contributed by atoms with Gasteiger partial charge in [-0.05, 0) is 5.56 Å². The van der Waals surface area contributed by atoms with Gasteiger partial charge in [-0.1, -0.05) is 30.3 Å². The largest absolute Gasteiger partial charge is 0.469 e. The van der Waals surface area contributed by atoms with Gasteiger partial charge < -0.3 is 28.4 Å². The summed E-state index contributed by atoms with van der Waals surface area (Å²) in [6.45, 7) is 3.55. The number of hydrogen-bond acceptors (Lipinski definition) is 10. The molecule has 2 rings (SSSR count). The third-order valence-corrected chi connectivity index (χ3v) is 4.35. The molecule has 10 nitrogen and oxygen atoms in total. The molecule has 1 fully saturated rings. The first-order valence-corrected chi connectivity index (χ1v) is 9.60. The molecule has 0 radical (unpaired) electrons. The molecule has 1 aromatic rings. The smallest absolute Gasteiger partial charge is 0.308 e. The topological polar surface area (TPSA) is 124 Å². The van der Waals surface area contributed by atoms with E-state index in [-0.39, 0.29) is 13.0 Å². The molecule has 1 heterocycles. The van der Waals surface area contributed by atoms with Gasteiger partial charge in [0.15, 0.2) is 24.6 Å². The van der Waals surface area contributed by atoms with Gasteiger partial charge in [0, 0.05) is 20.8 Å². The normalized spacial score (nSPS) is 25.2. The molecule has 0 saturated carbocycles. The van der Waals surface area contributed by atoms with Crippen molar-refractivity contribution >= 4 is 23.9 Å². The van der Waals surface area contributed by atoms with Gasteiger partial charge in [0.2, 0.25) is 0 Å². The van der Waals surface area contributed by atoms with Crippen molar-refractivity contribution < 1.29 is 47.6 Å². The quantitative estimate of drug-likeness (QED) is 0.433. The number of benzene rings is 1. The van der Waals surface area contributed by atoms with Crippen LogP contribution in [0.1, 0.15) is 32.8 Å². The number of methoxy groups -OCH3 is 1. The van der Waals surface area contributed by atoms with Crippen molar-refractivity contribution in [2.45, 2.75) is 64.5 Å². The fourth-order valence-corrected chi connectivity index (χ4v) is 3.15. The molecular weight excluding hydrogens is 412 g/mol. The lowest BCUT2D eigenvalue weighted by Gasteiger charge is -2.44. The number of hydrogen-bond donors (Lipinski definition) is 0. The van der Waals surface area contributed by atoms with Gasteiger partial charge in [0.1, 0.15) is 6.10 Å². The van der Waals surface area contributed by atoms with Crippen molar-refractivity contribution in [2.75, 3.05) is 7.11 Å². The minimum Gasteiger partial charge on any atom is -0.469 e. The minimum atomic E-state index is -1.27. The molecule has 1 aliphatic rings. The summed E-state index contributed by atoms with van der Waals surface area (Å²) in [5.74, 6) is -2.74. The van der Waals surface area contributed by atoms with E-state index in [0.717, 1.165) is 19.4 Å². The van der Waals surface area contributed by atoms with E-state index in [1.54, 1.807) is 0 Å². The van der Waals surface area contributed by atoms with Crippen LogP contribution in [0.3, 0.4) is 0 Å². The molecule has 5 atom stereocenters. The number of esters is 4. The first kappa shape index (κ1) is 24.3. The van der Waals surface area contributed by atoms with E-state index >= 15 is 0 Å². The molecule has 1 aromatic carbocycles. The standard InChI is InChI=1S/C21H26O10/c1-12(22)28-18-16(10-17(25)26-4)31-21(27-11-15-8-6-5-7-9-15)20(30-14(3)24)19(18)29-13(2)23/h5-9,16,18-21H,10-11H2,1-4H3/t16-,18-,19+,20-,21-/m1/s1. The molecule has 0 aromatic heterocycles. The lowest BCUT2D eigenvalue weighted by molar-refractivity contribution is -0.306. The Morgan fingerprint density at radius 1 is 0.839 bits per heavy atom. The second-order valence-electron chi connectivity index (χ2n) is 6.84. The summed E-state index contributed by atoms with van der Waals surface area (Å²) in [5, 5.41) is 0. The summed E-state index contributed by atoms with van der Waals surface area (Å²) >= 11 is 0. The molecule has 0 amide bonds. The SMILES string of the molecule is COC(=O)C[C@H]1O[C@@H](OCc2ccccc2)[C@H](OC(C)=O)[C@@H](OC(C)=O)[C@@H]1OC(C)=O. The van der Waals surface area contributed by atoms with E-state index < -0.39 is 54.6 Å². The van der Waals surface area contributed by atoms with Crippen molar-refractivity contribution in [1.29, 1.82) is 0 Å². The Balaban J connectivity index is 2.37. The molecule has 0 bridgehead atoms. The Kier molecular flexibility index (Phi) is 8.95. The van der Waals surface area contributed by atoms with E-state index in [1.165, 1.54) is 14.0 Å². The zero-order valence-corrected chi connectivity index (χ0v) is 17.8. The van der Waals surface area contributed by atoms with Crippen molar-refractivity contribution in [3.05, 3.63) is 35.9 Å². The highest BCUT2D eigenvalue weighted by Crippen LogP contribution is 2.31. The summed E-state index contributed by atoms with van der Waals surface area (Å²) in [6, 6.07) is 9.13. The third-order valence-electron chi connectivity index (χ3n) is 4.35. The highest BCUT2D eigenvalue weighted by molar-refractivity contribution is 5.71. The maximum Gasteiger partial charge on any atom is 0.308 e. The lowest BCUT2D eigenvalue weighted by Crippen LogP contribution is -2.62. The van der Waals surface area contributed by atoms with E-state index in [4.69, 9.17) is 23.7 Å². The summed E-state index contributed by atoms with van der Waals surface area (Å²) in [7, 11) is 1.20. The Labute approximate surface area is 179 Å². The first-order valence-electron chi connectivity index (χ1n) is 9.60. The van der Waals surface area contributed by atoms with Crippen LogP contribution in [0, 0.1) is 0 Å². The fraction of sp³-hybridized carbons (Fsp3) is 0.524. The summed E-state index contributed by atoms with van der Waals surface area (Å²) in [6.07, 6.45) is -6.35. The van der Waals surface area contributed by atoms with E-state index in [1.807, 2.05) is 30.3 Å². The maximum absolute atomic E-state index is 11.9. The van der Waals surface area contributed by atoms with Crippen molar-refractivity contribution in [2.24, 2.45) is 0 Å². The van der Waals surface area contributed by atoms with Crippen LogP contribution in [0.25, 0.3) is 0 Å². The van der Waals surface area contributed by atoms with Crippen molar-refractivity contribution in [3.8, 4) is 0 Å². The van der Waals surface area contributed by atoms with Gasteiger partial charge in [0.25, 0.3) is 0 Å². The lowest BCUT2D eigenvalue weighted by atomic mass is 9.95.